The molecule has 1 heterocycles. The van der Waals surface area contributed by atoms with Crippen LogP contribution in [0.25, 0.3) is 0 Å². The maximum atomic E-state index is 13.9. The van der Waals surface area contributed by atoms with E-state index in [0.29, 0.717) is 25.1 Å². The van der Waals surface area contributed by atoms with Crippen molar-refractivity contribution in [1.29, 1.82) is 0 Å². The Morgan fingerprint density at radius 3 is 2.52 bits per heavy atom. The van der Waals surface area contributed by atoms with Gasteiger partial charge in [0, 0.05) is 23.7 Å². The summed E-state index contributed by atoms with van der Waals surface area (Å²) in [6.45, 7) is 4.85. The molecule has 6 heteroatoms. The van der Waals surface area contributed by atoms with Gasteiger partial charge in [-0.1, -0.05) is 28.8 Å². The second-order valence-corrected chi connectivity index (χ2v) is 7.52. The summed E-state index contributed by atoms with van der Waals surface area (Å²) in [7, 11) is 0. The molecule has 2 aromatic carbocycles. The lowest BCUT2D eigenvalue weighted by Crippen LogP contribution is -2.43. The Balaban J connectivity index is 1.69. The summed E-state index contributed by atoms with van der Waals surface area (Å²) in [4.78, 5) is 27.1. The number of nitrogens with zero attached hydrogens (tertiary/aromatic N) is 1. The highest BCUT2D eigenvalue weighted by Crippen LogP contribution is 2.23. The Kier molecular flexibility index (Phi) is 5.80. The zero-order chi connectivity index (χ0) is 19.6. The van der Waals surface area contributed by atoms with Gasteiger partial charge in [-0.05, 0) is 57.0 Å². The molecular formula is C21H22ClFN2O2. The van der Waals surface area contributed by atoms with Crippen molar-refractivity contribution in [3.05, 3.63) is 63.9 Å². The standard InChI is InChI=1S/C21H22ClFN2O2/c1-13-8-14(2)10-16(9-13)21(27)25-7-3-4-15(12-25)20(26)24-19-6-5-17(22)11-18(19)23/h5-6,8-11,15H,3-4,7,12H2,1-2H3,(H,24,26)/t15-/m1/s1. The highest BCUT2D eigenvalue weighted by molar-refractivity contribution is 6.30. The number of benzene rings is 2. The largest absolute Gasteiger partial charge is 0.338 e. The quantitative estimate of drug-likeness (QED) is 0.836. The molecule has 1 aliphatic rings. The average Bonchev–Trinajstić information content (AvgIpc) is 2.62. The van der Waals surface area contributed by atoms with Gasteiger partial charge in [0.1, 0.15) is 5.82 Å². The maximum Gasteiger partial charge on any atom is 0.253 e. The molecule has 0 radical (unpaired) electrons. The number of carbonyl (C=O) groups is 2. The van der Waals surface area contributed by atoms with Crippen molar-refractivity contribution in [2.24, 2.45) is 5.92 Å². The number of amides is 2. The van der Waals surface area contributed by atoms with Crippen molar-refractivity contribution in [3.8, 4) is 0 Å². The summed E-state index contributed by atoms with van der Waals surface area (Å²) in [5, 5.41) is 2.89. The van der Waals surface area contributed by atoms with Crippen molar-refractivity contribution in [2.45, 2.75) is 26.7 Å². The van der Waals surface area contributed by atoms with Crippen molar-refractivity contribution >= 4 is 29.1 Å². The molecule has 0 aromatic heterocycles. The van der Waals surface area contributed by atoms with Gasteiger partial charge in [0.05, 0.1) is 11.6 Å². The van der Waals surface area contributed by atoms with E-state index in [0.717, 1.165) is 23.6 Å². The lowest BCUT2D eigenvalue weighted by atomic mass is 9.96. The first-order valence-corrected chi connectivity index (χ1v) is 9.35. The zero-order valence-corrected chi connectivity index (χ0v) is 16.1. The van der Waals surface area contributed by atoms with Crippen molar-refractivity contribution < 1.29 is 14.0 Å². The molecule has 0 spiro atoms. The second-order valence-electron chi connectivity index (χ2n) is 7.08. The van der Waals surface area contributed by atoms with Gasteiger partial charge in [0.25, 0.3) is 5.91 Å². The first kappa shape index (κ1) is 19.4. The number of rotatable bonds is 3. The SMILES string of the molecule is Cc1cc(C)cc(C(=O)N2CCC[C@@H](C(=O)Nc3ccc(Cl)cc3F)C2)c1. The van der Waals surface area contributed by atoms with Crippen LogP contribution in [-0.2, 0) is 4.79 Å². The van der Waals surface area contributed by atoms with Crippen LogP contribution in [0.4, 0.5) is 10.1 Å². The molecule has 1 fully saturated rings. The van der Waals surface area contributed by atoms with Gasteiger partial charge < -0.3 is 10.2 Å². The number of likely N-dealkylation sites (tertiary alicyclic amines) is 1. The monoisotopic (exact) mass is 388 g/mol. The van der Waals surface area contributed by atoms with E-state index < -0.39 is 5.82 Å². The third kappa shape index (κ3) is 4.66. The Morgan fingerprint density at radius 2 is 1.85 bits per heavy atom. The van der Waals surface area contributed by atoms with Crippen LogP contribution in [0.3, 0.4) is 0 Å². The molecule has 2 amide bonds. The van der Waals surface area contributed by atoms with Gasteiger partial charge in [-0.2, -0.15) is 0 Å². The number of anilines is 1. The molecule has 1 saturated heterocycles. The molecule has 1 atom stereocenters. The van der Waals surface area contributed by atoms with E-state index in [4.69, 9.17) is 11.6 Å². The van der Waals surface area contributed by atoms with E-state index in [1.165, 1.54) is 12.1 Å². The Labute approximate surface area is 163 Å². The number of hydrogen-bond acceptors (Lipinski definition) is 2. The normalized spacial score (nSPS) is 16.9. The van der Waals surface area contributed by atoms with Crippen LogP contribution < -0.4 is 5.32 Å². The van der Waals surface area contributed by atoms with Crippen LogP contribution >= 0.6 is 11.6 Å². The fraction of sp³-hybridized carbons (Fsp3) is 0.333. The number of piperidine rings is 1. The molecule has 2 aromatic rings. The Hall–Kier alpha value is -2.40. The van der Waals surface area contributed by atoms with Gasteiger partial charge in [0.2, 0.25) is 5.91 Å². The third-order valence-corrected chi connectivity index (χ3v) is 4.97. The van der Waals surface area contributed by atoms with Crippen LogP contribution in [0.1, 0.15) is 34.3 Å². The summed E-state index contributed by atoms with van der Waals surface area (Å²) in [6, 6.07) is 9.87. The van der Waals surface area contributed by atoms with Crippen LogP contribution in [0, 0.1) is 25.6 Å². The van der Waals surface area contributed by atoms with Crippen molar-refractivity contribution in [2.75, 3.05) is 18.4 Å². The van der Waals surface area contributed by atoms with Crippen LogP contribution in [-0.4, -0.2) is 29.8 Å². The number of carbonyl (C=O) groups excluding carboxylic acids is 2. The molecule has 0 bridgehead atoms. The van der Waals surface area contributed by atoms with Crippen LogP contribution in [0.15, 0.2) is 36.4 Å². The number of aryl methyl sites for hydroxylation is 2. The predicted octanol–water partition coefficient (Wildman–Crippen LogP) is 4.59. The topological polar surface area (TPSA) is 49.4 Å². The predicted molar refractivity (Wildman–Crippen MR) is 105 cm³/mol. The molecular weight excluding hydrogens is 367 g/mol. The summed E-state index contributed by atoms with van der Waals surface area (Å²) >= 11 is 5.74. The molecule has 0 unspecified atom stereocenters. The zero-order valence-electron chi connectivity index (χ0n) is 15.4. The molecule has 0 aliphatic carbocycles. The van der Waals surface area contributed by atoms with E-state index in [2.05, 4.69) is 5.32 Å². The van der Waals surface area contributed by atoms with Crippen LogP contribution in [0.2, 0.25) is 5.02 Å². The van der Waals surface area contributed by atoms with Crippen molar-refractivity contribution in [1.82, 2.24) is 4.90 Å². The van der Waals surface area contributed by atoms with Crippen LogP contribution in [0.5, 0.6) is 0 Å². The van der Waals surface area contributed by atoms with Crippen molar-refractivity contribution in [3.63, 3.8) is 0 Å². The minimum Gasteiger partial charge on any atom is -0.338 e. The second kappa shape index (κ2) is 8.09. The van der Waals surface area contributed by atoms with E-state index in [-0.39, 0.29) is 28.4 Å². The van der Waals surface area contributed by atoms with E-state index in [1.54, 1.807) is 4.90 Å². The number of hydrogen-bond donors (Lipinski definition) is 1. The number of nitrogens with one attached hydrogen (secondary N) is 1. The molecule has 0 saturated carbocycles. The summed E-state index contributed by atoms with van der Waals surface area (Å²) < 4.78 is 13.9. The molecule has 4 nitrogen and oxygen atoms in total. The van der Waals surface area contributed by atoms with Gasteiger partial charge in [-0.3, -0.25) is 9.59 Å². The first-order chi connectivity index (χ1) is 12.8. The van der Waals surface area contributed by atoms with Gasteiger partial charge in [-0.25, -0.2) is 4.39 Å². The molecule has 3 rings (SSSR count). The third-order valence-electron chi connectivity index (χ3n) is 4.74. The minimum absolute atomic E-state index is 0.0722. The smallest absolute Gasteiger partial charge is 0.253 e. The highest BCUT2D eigenvalue weighted by atomic mass is 35.5. The fourth-order valence-corrected chi connectivity index (χ4v) is 3.64. The average molecular weight is 389 g/mol. The van der Waals surface area contributed by atoms with Gasteiger partial charge in [0.15, 0.2) is 0 Å². The van der Waals surface area contributed by atoms with E-state index in [9.17, 15) is 14.0 Å². The number of halogens is 2. The lowest BCUT2D eigenvalue weighted by Gasteiger charge is -2.32. The highest BCUT2D eigenvalue weighted by Gasteiger charge is 2.29. The summed E-state index contributed by atoms with van der Waals surface area (Å²) in [6.07, 6.45) is 1.40. The van der Waals surface area contributed by atoms with Gasteiger partial charge in [-0.15, -0.1) is 0 Å². The van der Waals surface area contributed by atoms with Gasteiger partial charge >= 0.3 is 0 Å². The Morgan fingerprint density at radius 1 is 1.15 bits per heavy atom. The maximum absolute atomic E-state index is 13.9. The minimum atomic E-state index is -0.574. The molecule has 142 valence electrons. The summed E-state index contributed by atoms with van der Waals surface area (Å²) in [5.41, 5.74) is 2.80. The molecule has 1 aliphatic heterocycles. The summed E-state index contributed by atoms with van der Waals surface area (Å²) in [5.74, 6) is -1.30. The van der Waals surface area contributed by atoms with E-state index >= 15 is 0 Å². The lowest BCUT2D eigenvalue weighted by molar-refractivity contribution is -0.121. The molecule has 1 N–H and O–H groups in total. The molecule has 27 heavy (non-hydrogen) atoms. The van der Waals surface area contributed by atoms with E-state index in [1.807, 2.05) is 32.0 Å². The first-order valence-electron chi connectivity index (χ1n) is 8.97. The fourth-order valence-electron chi connectivity index (χ4n) is 3.48. The Bertz CT molecular complexity index is 864.